The SMILES string of the molecule is CCC(N)(CC)CNS(=O)(=O)c1cc(Cl)ccc1F.Cl. The van der Waals surface area contributed by atoms with Crippen molar-refractivity contribution >= 4 is 34.0 Å². The Bertz CT molecular complexity index is 548. The summed E-state index contributed by atoms with van der Waals surface area (Å²) in [6.07, 6.45) is 1.23. The number of halogens is 3. The molecule has 20 heavy (non-hydrogen) atoms. The number of benzene rings is 1. The van der Waals surface area contributed by atoms with Crippen LogP contribution in [-0.2, 0) is 10.0 Å². The first kappa shape index (κ1) is 19.6. The maximum Gasteiger partial charge on any atom is 0.243 e. The molecular formula is C12H19Cl2FN2O2S. The first-order valence-corrected chi connectivity index (χ1v) is 7.84. The van der Waals surface area contributed by atoms with Gasteiger partial charge in [0.25, 0.3) is 0 Å². The average molecular weight is 345 g/mol. The van der Waals surface area contributed by atoms with Crippen LogP contribution in [0.25, 0.3) is 0 Å². The van der Waals surface area contributed by atoms with Gasteiger partial charge in [0.2, 0.25) is 10.0 Å². The predicted octanol–water partition coefficient (Wildman–Crippen LogP) is 2.70. The van der Waals surface area contributed by atoms with Crippen molar-refractivity contribution in [3.05, 3.63) is 29.0 Å². The Hall–Kier alpha value is -0.400. The van der Waals surface area contributed by atoms with Crippen LogP contribution in [0.5, 0.6) is 0 Å². The third-order valence-corrected chi connectivity index (χ3v) is 4.86. The maximum absolute atomic E-state index is 13.5. The van der Waals surface area contributed by atoms with E-state index in [1.54, 1.807) is 0 Å². The van der Waals surface area contributed by atoms with E-state index in [-0.39, 0.29) is 24.0 Å². The van der Waals surface area contributed by atoms with Gasteiger partial charge in [-0.25, -0.2) is 17.5 Å². The Labute approximate surface area is 130 Å². The third-order valence-electron chi connectivity index (χ3n) is 3.21. The molecule has 3 N–H and O–H groups in total. The highest BCUT2D eigenvalue weighted by Crippen LogP contribution is 2.20. The van der Waals surface area contributed by atoms with E-state index in [2.05, 4.69) is 4.72 Å². The van der Waals surface area contributed by atoms with Crippen LogP contribution in [0.1, 0.15) is 26.7 Å². The maximum atomic E-state index is 13.5. The highest BCUT2D eigenvalue weighted by Gasteiger charge is 2.25. The van der Waals surface area contributed by atoms with E-state index in [4.69, 9.17) is 17.3 Å². The lowest BCUT2D eigenvalue weighted by atomic mass is 9.95. The lowest BCUT2D eigenvalue weighted by molar-refractivity contribution is 0.391. The highest BCUT2D eigenvalue weighted by molar-refractivity contribution is 7.89. The summed E-state index contributed by atoms with van der Waals surface area (Å²) in [5.41, 5.74) is 5.37. The molecule has 0 atom stereocenters. The molecule has 0 spiro atoms. The fraction of sp³-hybridized carbons (Fsp3) is 0.500. The number of sulfonamides is 1. The quantitative estimate of drug-likeness (QED) is 0.833. The van der Waals surface area contributed by atoms with Gasteiger partial charge in [-0.15, -0.1) is 12.4 Å². The Kier molecular flexibility index (Phi) is 7.41. The molecule has 1 aromatic carbocycles. The van der Waals surface area contributed by atoms with Crippen molar-refractivity contribution in [2.45, 2.75) is 37.1 Å². The topological polar surface area (TPSA) is 72.2 Å². The van der Waals surface area contributed by atoms with Crippen LogP contribution in [-0.4, -0.2) is 20.5 Å². The van der Waals surface area contributed by atoms with Gasteiger partial charge in [-0.05, 0) is 31.0 Å². The van der Waals surface area contributed by atoms with E-state index in [0.29, 0.717) is 12.8 Å². The number of hydrogen-bond acceptors (Lipinski definition) is 3. The van der Waals surface area contributed by atoms with Crippen LogP contribution in [0.2, 0.25) is 5.02 Å². The van der Waals surface area contributed by atoms with Gasteiger partial charge in [0.15, 0.2) is 0 Å². The smallest absolute Gasteiger partial charge is 0.243 e. The number of nitrogens with two attached hydrogens (primary N) is 1. The van der Waals surface area contributed by atoms with Crippen LogP contribution >= 0.6 is 24.0 Å². The van der Waals surface area contributed by atoms with Crippen molar-refractivity contribution < 1.29 is 12.8 Å². The Balaban J connectivity index is 0.00000361. The summed E-state index contributed by atoms with van der Waals surface area (Å²) in [6.45, 7) is 3.80. The number of rotatable bonds is 6. The van der Waals surface area contributed by atoms with Crippen molar-refractivity contribution in [3.8, 4) is 0 Å². The van der Waals surface area contributed by atoms with Crippen LogP contribution < -0.4 is 10.5 Å². The summed E-state index contributed by atoms with van der Waals surface area (Å²) in [5, 5.41) is 0.159. The zero-order valence-corrected chi connectivity index (χ0v) is 13.7. The molecule has 8 heteroatoms. The fourth-order valence-corrected chi connectivity index (χ4v) is 2.98. The standard InChI is InChI=1S/C12H18ClFN2O2S.ClH/c1-3-12(15,4-2)8-16-19(17,18)11-7-9(13)5-6-10(11)14;/h5-7,16H,3-4,8,15H2,1-2H3;1H. The van der Waals surface area contributed by atoms with E-state index in [9.17, 15) is 12.8 Å². The van der Waals surface area contributed by atoms with Gasteiger partial charge in [-0.2, -0.15) is 0 Å². The molecule has 0 aliphatic carbocycles. The minimum atomic E-state index is -3.96. The zero-order valence-electron chi connectivity index (χ0n) is 11.3. The van der Waals surface area contributed by atoms with Crippen molar-refractivity contribution in [1.82, 2.24) is 4.72 Å². The molecular weight excluding hydrogens is 326 g/mol. The van der Waals surface area contributed by atoms with E-state index < -0.39 is 26.3 Å². The Morgan fingerprint density at radius 3 is 2.40 bits per heavy atom. The largest absolute Gasteiger partial charge is 0.324 e. The number of nitrogens with one attached hydrogen (secondary N) is 1. The molecule has 0 amide bonds. The Morgan fingerprint density at radius 1 is 1.35 bits per heavy atom. The van der Waals surface area contributed by atoms with Crippen molar-refractivity contribution in [2.24, 2.45) is 5.73 Å². The molecule has 0 unspecified atom stereocenters. The molecule has 0 saturated carbocycles. The summed E-state index contributed by atoms with van der Waals surface area (Å²) in [4.78, 5) is -0.463. The summed E-state index contributed by atoms with van der Waals surface area (Å²) in [7, 11) is -3.96. The molecule has 0 aliphatic heterocycles. The van der Waals surface area contributed by atoms with E-state index in [1.807, 2.05) is 13.8 Å². The molecule has 0 radical (unpaired) electrons. The predicted molar refractivity (Wildman–Crippen MR) is 81.3 cm³/mol. The van der Waals surface area contributed by atoms with Crippen molar-refractivity contribution in [1.29, 1.82) is 0 Å². The van der Waals surface area contributed by atoms with Gasteiger partial charge in [0, 0.05) is 17.1 Å². The van der Waals surface area contributed by atoms with Crippen molar-refractivity contribution in [2.75, 3.05) is 6.54 Å². The van der Waals surface area contributed by atoms with Crippen LogP contribution in [0.4, 0.5) is 4.39 Å². The lowest BCUT2D eigenvalue weighted by Crippen LogP contribution is -2.49. The summed E-state index contributed by atoms with van der Waals surface area (Å²) in [5.74, 6) is -0.840. The lowest BCUT2D eigenvalue weighted by Gasteiger charge is -2.26. The zero-order chi connectivity index (χ0) is 14.7. The minimum Gasteiger partial charge on any atom is -0.324 e. The Morgan fingerprint density at radius 2 is 1.90 bits per heavy atom. The first-order chi connectivity index (χ1) is 8.74. The highest BCUT2D eigenvalue weighted by atomic mass is 35.5. The van der Waals surface area contributed by atoms with Crippen LogP contribution in [0.15, 0.2) is 23.1 Å². The molecule has 4 nitrogen and oxygen atoms in total. The van der Waals surface area contributed by atoms with E-state index >= 15 is 0 Å². The van der Waals surface area contributed by atoms with E-state index in [0.717, 1.165) is 12.1 Å². The van der Waals surface area contributed by atoms with Gasteiger partial charge in [-0.3, -0.25) is 0 Å². The van der Waals surface area contributed by atoms with E-state index in [1.165, 1.54) is 6.07 Å². The molecule has 0 aliphatic rings. The van der Waals surface area contributed by atoms with Gasteiger partial charge >= 0.3 is 0 Å². The molecule has 1 aromatic rings. The molecule has 0 heterocycles. The summed E-state index contributed by atoms with van der Waals surface area (Å²) >= 11 is 5.68. The van der Waals surface area contributed by atoms with Gasteiger partial charge in [0.05, 0.1) is 0 Å². The molecule has 0 bridgehead atoms. The van der Waals surface area contributed by atoms with Gasteiger partial charge in [-0.1, -0.05) is 25.4 Å². The van der Waals surface area contributed by atoms with Gasteiger partial charge in [0.1, 0.15) is 10.7 Å². The second kappa shape index (κ2) is 7.56. The summed E-state index contributed by atoms with van der Waals surface area (Å²) in [6, 6.07) is 3.39. The third kappa shape index (κ3) is 4.86. The molecule has 0 fully saturated rings. The second-order valence-corrected chi connectivity index (χ2v) is 6.64. The van der Waals surface area contributed by atoms with Crippen molar-refractivity contribution in [3.63, 3.8) is 0 Å². The van der Waals surface area contributed by atoms with Crippen LogP contribution in [0.3, 0.4) is 0 Å². The van der Waals surface area contributed by atoms with Gasteiger partial charge < -0.3 is 5.73 Å². The second-order valence-electron chi connectivity index (χ2n) is 4.47. The normalized spacial score (nSPS) is 12.1. The minimum absolute atomic E-state index is 0. The monoisotopic (exact) mass is 344 g/mol. The molecule has 1 rings (SSSR count). The first-order valence-electron chi connectivity index (χ1n) is 5.97. The average Bonchev–Trinajstić information content (AvgIpc) is 2.39. The van der Waals surface area contributed by atoms with Crippen LogP contribution in [0, 0.1) is 5.82 Å². The molecule has 116 valence electrons. The molecule has 0 aromatic heterocycles. The number of hydrogen-bond donors (Lipinski definition) is 2. The fourth-order valence-electron chi connectivity index (χ4n) is 1.50. The molecule has 0 saturated heterocycles. The summed E-state index contributed by atoms with van der Waals surface area (Å²) < 4.78 is 39.9.